The molecule has 1 fully saturated rings. The van der Waals surface area contributed by atoms with Crippen LogP contribution in [0.1, 0.15) is 25.3 Å². The SMILES string of the molecule is CCc1ccc(S(=O)(=O)Nc2ccc(NCC3CCCO3)nc2)cc1. The highest BCUT2D eigenvalue weighted by Crippen LogP contribution is 2.18. The summed E-state index contributed by atoms with van der Waals surface area (Å²) in [6.45, 7) is 3.56. The molecule has 0 aliphatic carbocycles. The van der Waals surface area contributed by atoms with E-state index in [1.807, 2.05) is 19.1 Å². The zero-order valence-corrected chi connectivity index (χ0v) is 15.1. The smallest absolute Gasteiger partial charge is 0.261 e. The first-order chi connectivity index (χ1) is 12.1. The molecule has 1 aromatic carbocycles. The Balaban J connectivity index is 1.61. The van der Waals surface area contributed by atoms with Gasteiger partial charge in [-0.2, -0.15) is 0 Å². The second-order valence-electron chi connectivity index (χ2n) is 6.05. The molecule has 0 radical (unpaired) electrons. The Morgan fingerprint density at radius 1 is 1.20 bits per heavy atom. The summed E-state index contributed by atoms with van der Waals surface area (Å²) in [7, 11) is -3.61. The second kappa shape index (κ2) is 7.84. The first-order valence-corrected chi connectivity index (χ1v) is 9.98. The van der Waals surface area contributed by atoms with Crippen molar-refractivity contribution in [2.24, 2.45) is 0 Å². The fourth-order valence-electron chi connectivity index (χ4n) is 2.70. The van der Waals surface area contributed by atoms with Gasteiger partial charge in [-0.05, 0) is 49.1 Å². The third-order valence-corrected chi connectivity index (χ3v) is 5.59. The van der Waals surface area contributed by atoms with Crippen molar-refractivity contribution in [3.63, 3.8) is 0 Å². The van der Waals surface area contributed by atoms with Crippen molar-refractivity contribution < 1.29 is 13.2 Å². The van der Waals surface area contributed by atoms with Crippen molar-refractivity contribution in [1.82, 2.24) is 4.98 Å². The second-order valence-corrected chi connectivity index (χ2v) is 7.73. The lowest BCUT2D eigenvalue weighted by Gasteiger charge is -2.12. The summed E-state index contributed by atoms with van der Waals surface area (Å²) in [5.74, 6) is 0.700. The predicted octanol–water partition coefficient (Wildman–Crippen LogP) is 3.04. The van der Waals surface area contributed by atoms with Crippen molar-refractivity contribution in [1.29, 1.82) is 0 Å². The number of nitrogens with zero attached hydrogens (tertiary/aromatic N) is 1. The highest BCUT2D eigenvalue weighted by atomic mass is 32.2. The van der Waals surface area contributed by atoms with Crippen LogP contribution in [0.5, 0.6) is 0 Å². The number of aryl methyl sites for hydroxylation is 1. The van der Waals surface area contributed by atoms with E-state index in [-0.39, 0.29) is 11.0 Å². The van der Waals surface area contributed by atoms with E-state index in [0.717, 1.165) is 31.4 Å². The lowest BCUT2D eigenvalue weighted by Crippen LogP contribution is -2.19. The number of pyridine rings is 1. The number of rotatable bonds is 7. The van der Waals surface area contributed by atoms with Crippen LogP contribution in [0.2, 0.25) is 0 Å². The Labute approximate surface area is 148 Å². The average Bonchev–Trinajstić information content (AvgIpc) is 3.14. The van der Waals surface area contributed by atoms with Crippen molar-refractivity contribution in [3.05, 3.63) is 48.2 Å². The standard InChI is InChI=1S/C18H23N3O3S/c1-2-14-5-8-17(9-6-14)25(22,23)21-15-7-10-18(19-12-15)20-13-16-4-3-11-24-16/h5-10,12,16,21H,2-4,11,13H2,1H3,(H,19,20). The minimum Gasteiger partial charge on any atom is -0.376 e. The molecule has 6 nitrogen and oxygen atoms in total. The molecular weight excluding hydrogens is 338 g/mol. The van der Waals surface area contributed by atoms with Crippen LogP contribution in [0.25, 0.3) is 0 Å². The summed E-state index contributed by atoms with van der Waals surface area (Å²) >= 11 is 0. The van der Waals surface area contributed by atoms with E-state index < -0.39 is 10.0 Å². The highest BCUT2D eigenvalue weighted by molar-refractivity contribution is 7.92. The molecule has 2 N–H and O–H groups in total. The van der Waals surface area contributed by atoms with Crippen LogP contribution in [0.15, 0.2) is 47.5 Å². The van der Waals surface area contributed by atoms with E-state index in [2.05, 4.69) is 15.0 Å². The van der Waals surface area contributed by atoms with Crippen LogP contribution in [0.3, 0.4) is 0 Å². The molecular formula is C18H23N3O3S. The molecule has 1 atom stereocenters. The van der Waals surface area contributed by atoms with Crippen molar-refractivity contribution in [2.45, 2.75) is 37.2 Å². The van der Waals surface area contributed by atoms with Crippen LogP contribution >= 0.6 is 0 Å². The maximum atomic E-state index is 12.4. The molecule has 7 heteroatoms. The normalized spacial score (nSPS) is 17.4. The third-order valence-electron chi connectivity index (χ3n) is 4.19. The fourth-order valence-corrected chi connectivity index (χ4v) is 3.74. The van der Waals surface area contributed by atoms with Crippen molar-refractivity contribution in [3.8, 4) is 0 Å². The van der Waals surface area contributed by atoms with Crippen LogP contribution in [0.4, 0.5) is 11.5 Å². The van der Waals surface area contributed by atoms with Gasteiger partial charge in [0.05, 0.1) is 22.9 Å². The maximum absolute atomic E-state index is 12.4. The van der Waals surface area contributed by atoms with E-state index >= 15 is 0 Å². The van der Waals surface area contributed by atoms with E-state index in [9.17, 15) is 8.42 Å². The number of anilines is 2. The molecule has 3 rings (SSSR count). The first kappa shape index (κ1) is 17.7. The van der Waals surface area contributed by atoms with Gasteiger partial charge >= 0.3 is 0 Å². The minimum absolute atomic E-state index is 0.228. The van der Waals surface area contributed by atoms with Gasteiger partial charge in [-0.1, -0.05) is 19.1 Å². The maximum Gasteiger partial charge on any atom is 0.261 e. The molecule has 0 spiro atoms. The van der Waals surface area contributed by atoms with Crippen LogP contribution in [0, 0.1) is 0 Å². The molecule has 0 bridgehead atoms. The quantitative estimate of drug-likeness (QED) is 0.792. The zero-order chi connectivity index (χ0) is 17.7. The Morgan fingerprint density at radius 3 is 2.60 bits per heavy atom. The Kier molecular flexibility index (Phi) is 5.55. The van der Waals surface area contributed by atoms with Gasteiger partial charge in [-0.3, -0.25) is 4.72 Å². The van der Waals surface area contributed by atoms with E-state index in [4.69, 9.17) is 4.74 Å². The highest BCUT2D eigenvalue weighted by Gasteiger charge is 2.16. The Hall–Kier alpha value is -2.12. The van der Waals surface area contributed by atoms with Crippen molar-refractivity contribution >= 4 is 21.5 Å². The Bertz CT molecular complexity index is 783. The molecule has 2 aromatic rings. The molecule has 0 amide bonds. The van der Waals surface area contributed by atoms with Crippen molar-refractivity contribution in [2.75, 3.05) is 23.2 Å². The molecule has 1 saturated heterocycles. The zero-order valence-electron chi connectivity index (χ0n) is 14.2. The third kappa shape index (κ3) is 4.70. The number of hydrogen-bond acceptors (Lipinski definition) is 5. The van der Waals surface area contributed by atoms with Gasteiger partial charge in [0.15, 0.2) is 0 Å². The monoisotopic (exact) mass is 361 g/mol. The number of aromatic nitrogens is 1. The summed E-state index contributed by atoms with van der Waals surface area (Å²) < 4.78 is 32.9. The summed E-state index contributed by atoms with van der Waals surface area (Å²) in [5, 5.41) is 3.21. The van der Waals surface area contributed by atoms with E-state index in [0.29, 0.717) is 18.1 Å². The lowest BCUT2D eigenvalue weighted by molar-refractivity contribution is 0.120. The number of ether oxygens (including phenoxy) is 1. The molecule has 134 valence electrons. The summed E-state index contributed by atoms with van der Waals surface area (Å²) in [4.78, 5) is 4.49. The minimum atomic E-state index is -3.61. The Morgan fingerprint density at radius 2 is 2.00 bits per heavy atom. The molecule has 1 aliphatic heterocycles. The molecule has 0 saturated carbocycles. The van der Waals surface area contributed by atoms with Gasteiger partial charge in [-0.25, -0.2) is 13.4 Å². The molecule has 25 heavy (non-hydrogen) atoms. The van der Waals surface area contributed by atoms with Gasteiger partial charge in [0.2, 0.25) is 0 Å². The largest absolute Gasteiger partial charge is 0.376 e. The van der Waals surface area contributed by atoms with Gasteiger partial charge in [-0.15, -0.1) is 0 Å². The average molecular weight is 361 g/mol. The summed E-state index contributed by atoms with van der Waals surface area (Å²) in [6.07, 6.45) is 4.76. The van der Waals surface area contributed by atoms with Gasteiger partial charge in [0, 0.05) is 13.2 Å². The van der Waals surface area contributed by atoms with Gasteiger partial charge < -0.3 is 10.1 Å². The molecule has 2 heterocycles. The topological polar surface area (TPSA) is 80.3 Å². The molecule has 1 aromatic heterocycles. The fraction of sp³-hybridized carbons (Fsp3) is 0.389. The van der Waals surface area contributed by atoms with Crippen LogP contribution in [-0.4, -0.2) is 32.7 Å². The number of benzene rings is 1. The van der Waals surface area contributed by atoms with Crippen LogP contribution in [-0.2, 0) is 21.2 Å². The lowest BCUT2D eigenvalue weighted by atomic mass is 10.2. The van der Waals surface area contributed by atoms with E-state index in [1.54, 1.807) is 24.3 Å². The predicted molar refractivity (Wildman–Crippen MR) is 98.3 cm³/mol. The van der Waals surface area contributed by atoms with Gasteiger partial charge in [0.25, 0.3) is 10.0 Å². The first-order valence-electron chi connectivity index (χ1n) is 8.50. The van der Waals surface area contributed by atoms with Crippen LogP contribution < -0.4 is 10.0 Å². The molecule has 1 unspecified atom stereocenters. The molecule has 1 aliphatic rings. The number of nitrogens with one attached hydrogen (secondary N) is 2. The number of sulfonamides is 1. The van der Waals surface area contributed by atoms with Gasteiger partial charge in [0.1, 0.15) is 5.82 Å². The van der Waals surface area contributed by atoms with E-state index in [1.165, 1.54) is 6.20 Å². The number of hydrogen-bond donors (Lipinski definition) is 2. The summed E-state index contributed by atoms with van der Waals surface area (Å²) in [5.41, 5.74) is 1.53. The summed E-state index contributed by atoms with van der Waals surface area (Å²) in [6, 6.07) is 10.3.